The van der Waals surface area contributed by atoms with Gasteiger partial charge in [0.2, 0.25) is 0 Å². The lowest BCUT2D eigenvalue weighted by molar-refractivity contribution is 0.177. The lowest BCUT2D eigenvalue weighted by atomic mass is 9.73. The fourth-order valence-electron chi connectivity index (χ4n) is 2.70. The van der Waals surface area contributed by atoms with Gasteiger partial charge in [0.1, 0.15) is 0 Å². The predicted molar refractivity (Wildman–Crippen MR) is 58.8 cm³/mol. The molecule has 1 fully saturated rings. The Hall–Kier alpha value is -0.0400. The van der Waals surface area contributed by atoms with Gasteiger partial charge in [0.15, 0.2) is 0 Å². The topological polar surface area (TPSA) is 12.0 Å². The molecule has 0 saturated heterocycles. The standard InChI is InChI=1S/C12H25N/c1-4-13-9-11-7-5-6-8-12(11)10(2)3/h10-13H,4-9H2,1-3H3. The monoisotopic (exact) mass is 183 g/mol. The van der Waals surface area contributed by atoms with E-state index in [0.717, 1.165) is 24.3 Å². The van der Waals surface area contributed by atoms with E-state index in [1.54, 1.807) is 0 Å². The maximum atomic E-state index is 3.50. The summed E-state index contributed by atoms with van der Waals surface area (Å²) in [6.45, 7) is 9.34. The van der Waals surface area contributed by atoms with Crippen molar-refractivity contribution in [1.82, 2.24) is 5.32 Å². The summed E-state index contributed by atoms with van der Waals surface area (Å²) in [4.78, 5) is 0. The molecule has 0 aromatic rings. The Labute approximate surface area is 83.3 Å². The third-order valence-electron chi connectivity index (χ3n) is 3.48. The van der Waals surface area contributed by atoms with Gasteiger partial charge in [-0.3, -0.25) is 0 Å². The molecule has 1 aliphatic carbocycles. The van der Waals surface area contributed by atoms with Crippen LogP contribution >= 0.6 is 0 Å². The molecule has 1 rings (SSSR count). The zero-order valence-electron chi connectivity index (χ0n) is 9.47. The molecule has 1 nitrogen and oxygen atoms in total. The minimum atomic E-state index is 0.879. The minimum Gasteiger partial charge on any atom is -0.317 e. The van der Waals surface area contributed by atoms with Crippen LogP contribution in [0, 0.1) is 17.8 Å². The van der Waals surface area contributed by atoms with E-state index in [9.17, 15) is 0 Å². The van der Waals surface area contributed by atoms with Crippen LogP contribution in [0.4, 0.5) is 0 Å². The third kappa shape index (κ3) is 3.30. The summed E-state index contributed by atoms with van der Waals surface area (Å²) in [5.41, 5.74) is 0. The second-order valence-electron chi connectivity index (χ2n) is 4.76. The number of hydrogen-bond donors (Lipinski definition) is 1. The van der Waals surface area contributed by atoms with Crippen molar-refractivity contribution in [1.29, 1.82) is 0 Å². The Morgan fingerprint density at radius 2 is 1.92 bits per heavy atom. The van der Waals surface area contributed by atoms with E-state index in [0.29, 0.717) is 0 Å². The second kappa shape index (κ2) is 5.64. The van der Waals surface area contributed by atoms with Gasteiger partial charge in [-0.2, -0.15) is 0 Å². The summed E-state index contributed by atoms with van der Waals surface area (Å²) in [6, 6.07) is 0. The van der Waals surface area contributed by atoms with E-state index in [1.165, 1.54) is 32.2 Å². The van der Waals surface area contributed by atoms with Crippen LogP contribution in [0.15, 0.2) is 0 Å². The van der Waals surface area contributed by atoms with Crippen LogP contribution in [0.5, 0.6) is 0 Å². The first kappa shape index (κ1) is 11.0. The highest BCUT2D eigenvalue weighted by Gasteiger charge is 2.26. The maximum Gasteiger partial charge on any atom is -0.00179 e. The lowest BCUT2D eigenvalue weighted by Crippen LogP contribution is -2.32. The van der Waals surface area contributed by atoms with E-state index >= 15 is 0 Å². The Bertz CT molecular complexity index is 131. The summed E-state index contributed by atoms with van der Waals surface area (Å²) in [5, 5.41) is 3.50. The highest BCUT2D eigenvalue weighted by Crippen LogP contribution is 2.34. The molecule has 1 saturated carbocycles. The van der Waals surface area contributed by atoms with E-state index in [-0.39, 0.29) is 0 Å². The fraction of sp³-hybridized carbons (Fsp3) is 1.00. The molecule has 0 radical (unpaired) electrons. The zero-order chi connectivity index (χ0) is 9.68. The summed E-state index contributed by atoms with van der Waals surface area (Å²) in [5.74, 6) is 2.81. The van der Waals surface area contributed by atoms with Crippen LogP contribution in [0.3, 0.4) is 0 Å². The van der Waals surface area contributed by atoms with Crippen LogP contribution in [0.2, 0.25) is 0 Å². The van der Waals surface area contributed by atoms with E-state index < -0.39 is 0 Å². The van der Waals surface area contributed by atoms with Gasteiger partial charge in [0, 0.05) is 0 Å². The van der Waals surface area contributed by atoms with Crippen LogP contribution in [-0.4, -0.2) is 13.1 Å². The van der Waals surface area contributed by atoms with Gasteiger partial charge in [-0.15, -0.1) is 0 Å². The van der Waals surface area contributed by atoms with Crippen molar-refractivity contribution >= 4 is 0 Å². The van der Waals surface area contributed by atoms with Crippen molar-refractivity contribution < 1.29 is 0 Å². The Morgan fingerprint density at radius 1 is 1.23 bits per heavy atom. The van der Waals surface area contributed by atoms with Gasteiger partial charge in [0.25, 0.3) is 0 Å². The van der Waals surface area contributed by atoms with E-state index in [1.807, 2.05) is 0 Å². The summed E-state index contributed by atoms with van der Waals surface area (Å²) in [7, 11) is 0. The minimum absolute atomic E-state index is 0.879. The molecule has 0 aliphatic heterocycles. The third-order valence-corrected chi connectivity index (χ3v) is 3.48. The largest absolute Gasteiger partial charge is 0.317 e. The van der Waals surface area contributed by atoms with Crippen LogP contribution in [0.25, 0.3) is 0 Å². The average molecular weight is 183 g/mol. The van der Waals surface area contributed by atoms with E-state index in [4.69, 9.17) is 0 Å². The lowest BCUT2D eigenvalue weighted by Gasteiger charge is -2.34. The predicted octanol–water partition coefficient (Wildman–Crippen LogP) is 3.06. The fourth-order valence-corrected chi connectivity index (χ4v) is 2.70. The van der Waals surface area contributed by atoms with Crippen molar-refractivity contribution in [2.24, 2.45) is 17.8 Å². The highest BCUT2D eigenvalue weighted by atomic mass is 14.8. The highest BCUT2D eigenvalue weighted by molar-refractivity contribution is 4.78. The summed E-state index contributed by atoms with van der Waals surface area (Å²) < 4.78 is 0. The SMILES string of the molecule is CCNCC1CCCCC1C(C)C. The van der Waals surface area contributed by atoms with Gasteiger partial charge in [0.05, 0.1) is 0 Å². The van der Waals surface area contributed by atoms with Crippen molar-refractivity contribution in [2.45, 2.75) is 46.5 Å². The molecule has 1 aliphatic rings. The smallest absolute Gasteiger partial charge is 0.00179 e. The molecule has 1 N–H and O–H groups in total. The first-order chi connectivity index (χ1) is 6.25. The maximum absolute atomic E-state index is 3.50. The Kier molecular flexibility index (Phi) is 4.79. The van der Waals surface area contributed by atoms with Gasteiger partial charge >= 0.3 is 0 Å². The van der Waals surface area contributed by atoms with Crippen LogP contribution < -0.4 is 5.32 Å². The molecule has 0 aromatic carbocycles. The Morgan fingerprint density at radius 3 is 2.54 bits per heavy atom. The van der Waals surface area contributed by atoms with Crippen LogP contribution in [0.1, 0.15) is 46.5 Å². The summed E-state index contributed by atoms with van der Waals surface area (Å²) >= 11 is 0. The molecule has 0 heterocycles. The molecule has 0 aromatic heterocycles. The molecular formula is C12H25N. The molecule has 0 bridgehead atoms. The number of hydrogen-bond acceptors (Lipinski definition) is 1. The molecule has 1 heteroatoms. The first-order valence-electron chi connectivity index (χ1n) is 5.96. The van der Waals surface area contributed by atoms with Crippen LogP contribution in [-0.2, 0) is 0 Å². The quantitative estimate of drug-likeness (QED) is 0.706. The molecule has 0 spiro atoms. The Balaban J connectivity index is 2.37. The van der Waals surface area contributed by atoms with E-state index in [2.05, 4.69) is 26.1 Å². The second-order valence-corrected chi connectivity index (χ2v) is 4.76. The van der Waals surface area contributed by atoms with Crippen molar-refractivity contribution in [2.75, 3.05) is 13.1 Å². The molecule has 78 valence electrons. The molecule has 13 heavy (non-hydrogen) atoms. The molecular weight excluding hydrogens is 158 g/mol. The van der Waals surface area contributed by atoms with Gasteiger partial charge in [-0.05, 0) is 43.7 Å². The van der Waals surface area contributed by atoms with Crippen molar-refractivity contribution in [3.8, 4) is 0 Å². The first-order valence-corrected chi connectivity index (χ1v) is 5.96. The van der Waals surface area contributed by atoms with Crippen molar-refractivity contribution in [3.63, 3.8) is 0 Å². The van der Waals surface area contributed by atoms with Gasteiger partial charge < -0.3 is 5.32 Å². The van der Waals surface area contributed by atoms with Gasteiger partial charge in [-0.25, -0.2) is 0 Å². The zero-order valence-corrected chi connectivity index (χ0v) is 9.47. The van der Waals surface area contributed by atoms with Crippen molar-refractivity contribution in [3.05, 3.63) is 0 Å². The normalized spacial score (nSPS) is 29.5. The number of rotatable bonds is 4. The average Bonchev–Trinajstić information content (AvgIpc) is 2.15. The molecule has 2 atom stereocenters. The molecule has 2 unspecified atom stereocenters. The summed E-state index contributed by atoms with van der Waals surface area (Å²) in [6.07, 6.45) is 5.84. The number of nitrogens with one attached hydrogen (secondary N) is 1. The van der Waals surface area contributed by atoms with Gasteiger partial charge in [-0.1, -0.05) is 33.6 Å². The molecule has 0 amide bonds.